The van der Waals surface area contributed by atoms with Crippen LogP contribution < -0.4 is 15.5 Å². The second-order valence-corrected chi connectivity index (χ2v) is 13.7. The summed E-state index contributed by atoms with van der Waals surface area (Å²) < 4.78 is 5.54. The van der Waals surface area contributed by atoms with Crippen molar-refractivity contribution in [3.63, 3.8) is 0 Å². The maximum atomic E-state index is 14.4. The Labute approximate surface area is 274 Å². The van der Waals surface area contributed by atoms with Crippen LogP contribution in [0.4, 0.5) is 5.69 Å². The van der Waals surface area contributed by atoms with Crippen LogP contribution in [0.15, 0.2) is 48.5 Å². The van der Waals surface area contributed by atoms with E-state index in [0.29, 0.717) is 12.3 Å². The summed E-state index contributed by atoms with van der Waals surface area (Å²) >= 11 is 0. The van der Waals surface area contributed by atoms with Gasteiger partial charge in [-0.1, -0.05) is 96.4 Å². The van der Waals surface area contributed by atoms with E-state index >= 15 is 0 Å². The van der Waals surface area contributed by atoms with Crippen LogP contribution in [0.25, 0.3) is 0 Å². The molecule has 2 unspecified atom stereocenters. The molecule has 0 spiro atoms. The van der Waals surface area contributed by atoms with Gasteiger partial charge in [0, 0.05) is 57.1 Å². The molecule has 0 saturated carbocycles. The van der Waals surface area contributed by atoms with Crippen molar-refractivity contribution in [2.24, 2.45) is 5.92 Å². The average Bonchev–Trinajstić information content (AvgIpc) is 3.09. The fraction of sp³-hybridized carbons (Fsp3) is 0.667. The lowest BCUT2D eigenvalue weighted by molar-refractivity contribution is 0.0836. The monoisotopic (exact) mass is 618 g/mol. The Kier molecular flexibility index (Phi) is 15.4. The molecule has 2 saturated heterocycles. The predicted octanol–water partition coefficient (Wildman–Crippen LogP) is 7.26. The summed E-state index contributed by atoms with van der Waals surface area (Å²) in [6, 6.07) is 17.4. The van der Waals surface area contributed by atoms with E-state index < -0.39 is 5.54 Å². The molecule has 2 aromatic rings. The number of ketones is 1. The molecule has 4 rings (SSSR count). The van der Waals surface area contributed by atoms with Crippen LogP contribution >= 0.6 is 0 Å². The molecule has 0 bridgehead atoms. The number of nitrogens with zero attached hydrogens (tertiary/aromatic N) is 2. The number of Topliss-reactive ketones (excluding diaryl/α,β-unsaturated/α-hetero) is 1. The standard InChI is InChI=1S/C39H62N4O2/c1-4-6-7-8-9-10-11-12-13-33(3)31-41-39(5-2,30-34-14-16-35(17-15-34)32-42-24-22-40-23-25-42)38(44)36-18-20-37(21-19-36)43-26-28-45-29-27-43/h14-21,33,40-41H,4-13,22-32H2,1-3H3. The van der Waals surface area contributed by atoms with Crippen LogP contribution in [0.1, 0.15) is 106 Å². The molecule has 2 aromatic carbocycles. The Morgan fingerprint density at radius 3 is 2.11 bits per heavy atom. The number of hydrogen-bond donors (Lipinski definition) is 2. The molecule has 6 nitrogen and oxygen atoms in total. The predicted molar refractivity (Wildman–Crippen MR) is 190 cm³/mol. The van der Waals surface area contributed by atoms with Crippen LogP contribution in [-0.2, 0) is 17.7 Å². The zero-order valence-corrected chi connectivity index (χ0v) is 28.8. The van der Waals surface area contributed by atoms with Gasteiger partial charge in [-0.3, -0.25) is 9.69 Å². The highest BCUT2D eigenvalue weighted by Gasteiger charge is 2.37. The van der Waals surface area contributed by atoms with Crippen molar-refractivity contribution in [3.8, 4) is 0 Å². The maximum absolute atomic E-state index is 14.4. The van der Waals surface area contributed by atoms with E-state index in [9.17, 15) is 4.79 Å². The van der Waals surface area contributed by atoms with Gasteiger partial charge in [-0.2, -0.15) is 0 Å². The van der Waals surface area contributed by atoms with Crippen molar-refractivity contribution in [2.75, 3.05) is 63.9 Å². The first-order valence-corrected chi connectivity index (χ1v) is 18.3. The second-order valence-electron chi connectivity index (χ2n) is 13.7. The highest BCUT2D eigenvalue weighted by Crippen LogP contribution is 2.27. The zero-order valence-electron chi connectivity index (χ0n) is 28.8. The molecule has 45 heavy (non-hydrogen) atoms. The fourth-order valence-corrected chi connectivity index (χ4v) is 6.89. The van der Waals surface area contributed by atoms with E-state index in [1.807, 2.05) is 12.1 Å². The summed E-state index contributed by atoms with van der Waals surface area (Å²) in [6.45, 7) is 16.3. The van der Waals surface area contributed by atoms with E-state index in [1.165, 1.54) is 74.6 Å². The third-order valence-electron chi connectivity index (χ3n) is 10.0. The molecule has 2 aliphatic heterocycles. The van der Waals surface area contributed by atoms with Gasteiger partial charge in [0.15, 0.2) is 5.78 Å². The second kappa shape index (κ2) is 19.4. The van der Waals surface area contributed by atoms with Gasteiger partial charge < -0.3 is 20.3 Å². The van der Waals surface area contributed by atoms with Gasteiger partial charge in [0.2, 0.25) is 0 Å². The van der Waals surface area contributed by atoms with Crippen molar-refractivity contribution in [1.82, 2.24) is 15.5 Å². The smallest absolute Gasteiger partial charge is 0.183 e. The molecular weight excluding hydrogens is 556 g/mol. The number of ether oxygens (including phenoxy) is 1. The van der Waals surface area contributed by atoms with Crippen LogP contribution in [-0.4, -0.2) is 75.2 Å². The molecule has 0 radical (unpaired) electrons. The van der Waals surface area contributed by atoms with E-state index in [0.717, 1.165) is 77.6 Å². The number of morpholine rings is 1. The van der Waals surface area contributed by atoms with Gasteiger partial charge in [0.25, 0.3) is 0 Å². The molecule has 2 N–H and O–H groups in total. The molecule has 0 aromatic heterocycles. The third-order valence-corrected chi connectivity index (χ3v) is 10.0. The van der Waals surface area contributed by atoms with Crippen LogP contribution in [0.3, 0.4) is 0 Å². The first kappa shape index (κ1) is 35.6. The maximum Gasteiger partial charge on any atom is 0.183 e. The quantitative estimate of drug-likeness (QED) is 0.120. The van der Waals surface area contributed by atoms with Gasteiger partial charge in [0.1, 0.15) is 0 Å². The van der Waals surface area contributed by atoms with Crippen molar-refractivity contribution in [1.29, 1.82) is 0 Å². The van der Waals surface area contributed by atoms with Gasteiger partial charge >= 0.3 is 0 Å². The number of rotatable bonds is 20. The normalized spacial score (nSPS) is 18.1. The lowest BCUT2D eigenvalue weighted by Gasteiger charge is -2.35. The summed E-state index contributed by atoms with van der Waals surface area (Å²) in [6.07, 6.45) is 13.5. The lowest BCUT2D eigenvalue weighted by atomic mass is 9.80. The number of anilines is 1. The molecule has 2 fully saturated rings. The van der Waals surface area contributed by atoms with Crippen molar-refractivity contribution >= 4 is 11.5 Å². The topological polar surface area (TPSA) is 56.8 Å². The summed E-state index contributed by atoms with van der Waals surface area (Å²) in [4.78, 5) is 19.3. The van der Waals surface area contributed by atoms with E-state index in [-0.39, 0.29) is 5.78 Å². The minimum Gasteiger partial charge on any atom is -0.378 e. The first-order valence-electron chi connectivity index (χ1n) is 18.3. The largest absolute Gasteiger partial charge is 0.378 e. The van der Waals surface area contributed by atoms with E-state index in [1.54, 1.807) is 0 Å². The molecular formula is C39H62N4O2. The molecule has 2 aliphatic rings. The molecule has 2 atom stereocenters. The minimum atomic E-state index is -0.631. The minimum absolute atomic E-state index is 0.211. The van der Waals surface area contributed by atoms with Crippen LogP contribution in [0.2, 0.25) is 0 Å². The van der Waals surface area contributed by atoms with Gasteiger partial charge in [-0.15, -0.1) is 0 Å². The highest BCUT2D eigenvalue weighted by atomic mass is 16.5. The Balaban J connectivity index is 1.40. The summed E-state index contributed by atoms with van der Waals surface area (Å²) in [5, 5.41) is 7.31. The van der Waals surface area contributed by atoms with E-state index in [4.69, 9.17) is 4.74 Å². The summed E-state index contributed by atoms with van der Waals surface area (Å²) in [5.41, 5.74) is 3.91. The summed E-state index contributed by atoms with van der Waals surface area (Å²) in [5.74, 6) is 0.747. The number of hydrogen-bond acceptors (Lipinski definition) is 6. The van der Waals surface area contributed by atoms with Crippen molar-refractivity contribution < 1.29 is 9.53 Å². The SMILES string of the molecule is CCCCCCCCCCC(C)CNC(CC)(Cc1ccc(CN2CCNCC2)cc1)C(=O)c1ccc(N2CCOCC2)cc1. The van der Waals surface area contributed by atoms with Crippen LogP contribution in [0, 0.1) is 5.92 Å². The van der Waals surface area contributed by atoms with Gasteiger partial charge in [-0.25, -0.2) is 0 Å². The number of benzene rings is 2. The third kappa shape index (κ3) is 11.5. The first-order chi connectivity index (χ1) is 22.0. The number of carbonyl (C=O) groups is 1. The Bertz CT molecular complexity index is 1090. The number of carbonyl (C=O) groups excluding carboxylic acids is 1. The Morgan fingerprint density at radius 2 is 1.47 bits per heavy atom. The number of unbranched alkanes of at least 4 members (excludes halogenated alkanes) is 7. The molecule has 2 heterocycles. The highest BCUT2D eigenvalue weighted by molar-refractivity contribution is 6.03. The summed E-state index contributed by atoms with van der Waals surface area (Å²) in [7, 11) is 0. The number of nitrogens with one attached hydrogen (secondary N) is 2. The fourth-order valence-electron chi connectivity index (χ4n) is 6.89. The molecule has 250 valence electrons. The average molecular weight is 619 g/mol. The molecule has 6 heteroatoms. The van der Waals surface area contributed by atoms with Crippen molar-refractivity contribution in [2.45, 2.75) is 103 Å². The van der Waals surface area contributed by atoms with E-state index in [2.05, 4.69) is 77.6 Å². The molecule has 0 aliphatic carbocycles. The van der Waals surface area contributed by atoms with Gasteiger partial charge in [0.05, 0.1) is 18.8 Å². The Morgan fingerprint density at radius 1 is 0.844 bits per heavy atom. The Hall–Kier alpha value is -2.25. The lowest BCUT2D eigenvalue weighted by Crippen LogP contribution is -2.54. The van der Waals surface area contributed by atoms with Crippen molar-refractivity contribution in [3.05, 3.63) is 65.2 Å². The van der Waals surface area contributed by atoms with Crippen LogP contribution in [0.5, 0.6) is 0 Å². The molecule has 0 amide bonds. The number of piperazine rings is 1. The zero-order chi connectivity index (χ0) is 31.7. The van der Waals surface area contributed by atoms with Gasteiger partial charge in [-0.05, 0) is 67.1 Å².